The van der Waals surface area contributed by atoms with E-state index in [1.54, 1.807) is 0 Å². The number of benzene rings is 2. The van der Waals surface area contributed by atoms with E-state index in [4.69, 9.17) is 9.84 Å². The summed E-state index contributed by atoms with van der Waals surface area (Å²) in [5.74, 6) is 0.706. The Balaban J connectivity index is 1.96. The lowest BCUT2D eigenvalue weighted by molar-refractivity contribution is 0.0576. The van der Waals surface area contributed by atoms with Crippen molar-refractivity contribution in [2.45, 2.75) is 26.1 Å². The van der Waals surface area contributed by atoms with Gasteiger partial charge in [-0.3, -0.25) is 9.58 Å². The molecule has 23 heavy (non-hydrogen) atoms. The lowest BCUT2D eigenvalue weighted by Gasteiger charge is -2.22. The molecule has 3 rings (SSSR count). The van der Waals surface area contributed by atoms with Crippen LogP contribution in [0.15, 0.2) is 54.6 Å². The van der Waals surface area contributed by atoms with E-state index in [1.165, 1.54) is 5.56 Å². The second-order valence-electron chi connectivity index (χ2n) is 5.91. The summed E-state index contributed by atoms with van der Waals surface area (Å²) in [5.41, 5.74) is 2.33. The van der Waals surface area contributed by atoms with Gasteiger partial charge < -0.3 is 4.74 Å². The van der Waals surface area contributed by atoms with Gasteiger partial charge in [0.05, 0.1) is 17.4 Å². The van der Waals surface area contributed by atoms with Crippen molar-refractivity contribution in [3.63, 3.8) is 0 Å². The van der Waals surface area contributed by atoms with Crippen LogP contribution in [-0.2, 0) is 6.54 Å². The Morgan fingerprint density at radius 3 is 2.43 bits per heavy atom. The average molecular weight is 309 g/mol. The normalized spacial score (nSPS) is 12.7. The van der Waals surface area contributed by atoms with Crippen molar-refractivity contribution >= 4 is 10.9 Å². The monoisotopic (exact) mass is 309 g/mol. The quantitative estimate of drug-likeness (QED) is 0.649. The lowest BCUT2D eigenvalue weighted by atomic mass is 10.2. The standard InChI is InChI=1S/C19H23N3O/c1-4-18(21(2)3)23-19-16-12-8-9-13-17(16)22(20-19)14-15-10-6-5-7-11-15/h5-13,18H,4,14H2,1-3H3. The Morgan fingerprint density at radius 2 is 1.74 bits per heavy atom. The van der Waals surface area contributed by atoms with Gasteiger partial charge in [0.1, 0.15) is 0 Å². The van der Waals surface area contributed by atoms with Crippen molar-refractivity contribution < 1.29 is 4.74 Å². The molecule has 0 aliphatic rings. The highest BCUT2D eigenvalue weighted by Gasteiger charge is 2.17. The highest BCUT2D eigenvalue weighted by atomic mass is 16.5. The summed E-state index contributed by atoms with van der Waals surface area (Å²) in [4.78, 5) is 2.07. The zero-order chi connectivity index (χ0) is 16.2. The molecule has 120 valence electrons. The zero-order valence-electron chi connectivity index (χ0n) is 13.9. The predicted molar refractivity (Wildman–Crippen MR) is 93.7 cm³/mol. The number of nitrogens with zero attached hydrogens (tertiary/aromatic N) is 3. The molecule has 1 atom stereocenters. The molecule has 0 N–H and O–H groups in total. The number of hydrogen-bond acceptors (Lipinski definition) is 3. The molecule has 3 aromatic rings. The van der Waals surface area contributed by atoms with E-state index in [2.05, 4.69) is 48.2 Å². The van der Waals surface area contributed by atoms with Crippen LogP contribution in [0.1, 0.15) is 18.9 Å². The fourth-order valence-electron chi connectivity index (χ4n) is 2.74. The first kappa shape index (κ1) is 15.6. The molecule has 0 fully saturated rings. The number of aromatic nitrogens is 2. The summed E-state index contributed by atoms with van der Waals surface area (Å²) in [6, 6.07) is 18.6. The van der Waals surface area contributed by atoms with Crippen LogP contribution in [-0.4, -0.2) is 35.0 Å². The van der Waals surface area contributed by atoms with Crippen molar-refractivity contribution in [1.29, 1.82) is 0 Å². The van der Waals surface area contributed by atoms with E-state index in [0.29, 0.717) is 5.88 Å². The summed E-state index contributed by atoms with van der Waals surface area (Å²) in [7, 11) is 4.05. The molecule has 0 radical (unpaired) electrons. The zero-order valence-corrected chi connectivity index (χ0v) is 13.9. The van der Waals surface area contributed by atoms with Crippen LogP contribution in [0.2, 0.25) is 0 Å². The van der Waals surface area contributed by atoms with Crippen LogP contribution in [0.3, 0.4) is 0 Å². The van der Waals surface area contributed by atoms with E-state index in [-0.39, 0.29) is 6.23 Å². The summed E-state index contributed by atoms with van der Waals surface area (Å²) in [5, 5.41) is 5.78. The molecule has 4 nitrogen and oxygen atoms in total. The molecular weight excluding hydrogens is 286 g/mol. The molecule has 0 aliphatic heterocycles. The van der Waals surface area contributed by atoms with Crippen LogP contribution in [0.25, 0.3) is 10.9 Å². The van der Waals surface area contributed by atoms with Crippen LogP contribution in [0.4, 0.5) is 0 Å². The minimum absolute atomic E-state index is 0.0264. The maximum atomic E-state index is 6.15. The Bertz CT molecular complexity index is 765. The third-order valence-corrected chi connectivity index (χ3v) is 3.97. The van der Waals surface area contributed by atoms with Crippen molar-refractivity contribution in [1.82, 2.24) is 14.7 Å². The van der Waals surface area contributed by atoms with Gasteiger partial charge >= 0.3 is 0 Å². The molecule has 0 saturated carbocycles. The van der Waals surface area contributed by atoms with Gasteiger partial charge in [-0.2, -0.15) is 0 Å². The van der Waals surface area contributed by atoms with Crippen molar-refractivity contribution in [3.8, 4) is 5.88 Å². The molecule has 0 amide bonds. The molecule has 2 aromatic carbocycles. The fourth-order valence-corrected chi connectivity index (χ4v) is 2.74. The molecule has 1 aromatic heterocycles. The van der Waals surface area contributed by atoms with E-state index < -0.39 is 0 Å². The Hall–Kier alpha value is -2.33. The van der Waals surface area contributed by atoms with Crippen molar-refractivity contribution in [3.05, 3.63) is 60.2 Å². The van der Waals surface area contributed by atoms with Gasteiger partial charge in [0.25, 0.3) is 0 Å². The minimum Gasteiger partial charge on any atom is -0.457 e. The van der Waals surface area contributed by atoms with E-state index in [1.807, 2.05) is 37.0 Å². The van der Waals surface area contributed by atoms with Crippen LogP contribution < -0.4 is 4.74 Å². The number of ether oxygens (including phenoxy) is 1. The topological polar surface area (TPSA) is 30.3 Å². The first-order chi connectivity index (χ1) is 11.2. The van der Waals surface area contributed by atoms with Gasteiger partial charge in [-0.15, -0.1) is 5.10 Å². The maximum absolute atomic E-state index is 6.15. The highest BCUT2D eigenvalue weighted by molar-refractivity contribution is 5.84. The first-order valence-corrected chi connectivity index (χ1v) is 8.01. The molecule has 4 heteroatoms. The van der Waals surface area contributed by atoms with Crippen LogP contribution in [0.5, 0.6) is 5.88 Å². The van der Waals surface area contributed by atoms with E-state index in [9.17, 15) is 0 Å². The van der Waals surface area contributed by atoms with Gasteiger partial charge in [-0.25, -0.2) is 0 Å². The average Bonchev–Trinajstić information content (AvgIpc) is 2.91. The molecule has 1 heterocycles. The van der Waals surface area contributed by atoms with Gasteiger partial charge in [0, 0.05) is 0 Å². The molecule has 1 unspecified atom stereocenters. The lowest BCUT2D eigenvalue weighted by Crippen LogP contribution is -2.32. The SMILES string of the molecule is CCC(Oc1nn(Cc2ccccc2)c2ccccc12)N(C)C. The third-order valence-electron chi connectivity index (χ3n) is 3.97. The third kappa shape index (κ3) is 3.37. The molecule has 0 bridgehead atoms. The smallest absolute Gasteiger partial charge is 0.242 e. The Kier molecular flexibility index (Phi) is 4.63. The Morgan fingerprint density at radius 1 is 1.04 bits per heavy atom. The summed E-state index contributed by atoms with van der Waals surface area (Å²) >= 11 is 0. The van der Waals surface area contributed by atoms with E-state index in [0.717, 1.165) is 23.9 Å². The summed E-state index contributed by atoms with van der Waals surface area (Å²) < 4.78 is 8.17. The maximum Gasteiger partial charge on any atom is 0.242 e. The fraction of sp³-hybridized carbons (Fsp3) is 0.316. The van der Waals surface area contributed by atoms with Gasteiger partial charge in [0.2, 0.25) is 5.88 Å². The molecular formula is C19H23N3O. The van der Waals surface area contributed by atoms with Gasteiger partial charge in [0.15, 0.2) is 6.23 Å². The number of para-hydroxylation sites is 1. The number of fused-ring (bicyclic) bond motifs is 1. The number of rotatable bonds is 6. The number of hydrogen-bond donors (Lipinski definition) is 0. The summed E-state index contributed by atoms with van der Waals surface area (Å²) in [6.45, 7) is 2.86. The molecule has 0 spiro atoms. The van der Waals surface area contributed by atoms with E-state index >= 15 is 0 Å². The molecule has 0 aliphatic carbocycles. The van der Waals surface area contributed by atoms with Gasteiger partial charge in [-0.05, 0) is 38.2 Å². The predicted octanol–water partition coefficient (Wildman–Crippen LogP) is 3.76. The summed E-state index contributed by atoms with van der Waals surface area (Å²) in [6.07, 6.45) is 0.936. The van der Waals surface area contributed by atoms with Crippen molar-refractivity contribution in [2.24, 2.45) is 0 Å². The van der Waals surface area contributed by atoms with Crippen LogP contribution >= 0.6 is 0 Å². The van der Waals surface area contributed by atoms with Gasteiger partial charge in [-0.1, -0.05) is 49.4 Å². The molecule has 0 saturated heterocycles. The first-order valence-electron chi connectivity index (χ1n) is 8.01. The second kappa shape index (κ2) is 6.84. The van der Waals surface area contributed by atoms with Crippen molar-refractivity contribution in [2.75, 3.05) is 14.1 Å². The highest BCUT2D eigenvalue weighted by Crippen LogP contribution is 2.27. The Labute approximate surface area is 137 Å². The largest absolute Gasteiger partial charge is 0.457 e. The minimum atomic E-state index is 0.0264. The second-order valence-corrected chi connectivity index (χ2v) is 5.91. The van der Waals surface area contributed by atoms with Crippen LogP contribution in [0, 0.1) is 0 Å².